The molecule has 0 saturated heterocycles. The predicted molar refractivity (Wildman–Crippen MR) is 93.7 cm³/mol. The number of H-pyrrole nitrogens is 2. The molecule has 0 fully saturated rings. The molecule has 0 spiro atoms. The molecule has 1 unspecified atom stereocenters. The fraction of sp³-hybridized carbons (Fsp3) is 0.176. The van der Waals surface area contributed by atoms with E-state index < -0.39 is 17.8 Å². The maximum absolute atomic E-state index is 13.7. The Morgan fingerprint density at radius 1 is 1.32 bits per heavy atom. The van der Waals surface area contributed by atoms with E-state index in [1.165, 1.54) is 6.07 Å². The van der Waals surface area contributed by atoms with Crippen LogP contribution < -0.4 is 10.1 Å². The first-order valence-corrected chi connectivity index (χ1v) is 7.90. The second kappa shape index (κ2) is 7.04. The van der Waals surface area contributed by atoms with Gasteiger partial charge in [-0.25, -0.2) is 4.39 Å². The van der Waals surface area contributed by atoms with Crippen LogP contribution in [0.5, 0.6) is 5.75 Å². The number of ether oxygens (including phenoxy) is 1. The molecular weight excluding hydrogens is 345 g/mol. The van der Waals surface area contributed by atoms with Gasteiger partial charge in [0.15, 0.2) is 4.77 Å². The lowest BCUT2D eigenvalue weighted by Gasteiger charge is -2.13. The molecule has 3 aromatic rings. The van der Waals surface area contributed by atoms with Crippen LogP contribution in [-0.2, 0) is 0 Å². The molecule has 2 aromatic carbocycles. The van der Waals surface area contributed by atoms with Crippen molar-refractivity contribution in [3.8, 4) is 5.75 Å². The predicted octanol–water partition coefficient (Wildman–Crippen LogP) is 2.84. The number of carbonyl (C=O) groups excluding carboxylic acids is 1. The summed E-state index contributed by atoms with van der Waals surface area (Å²) in [6.07, 6.45) is -0.899. The number of methoxy groups -OCH3 is 1. The molecular formula is C17H16FN3O3S. The third-order valence-electron chi connectivity index (χ3n) is 3.79. The number of benzene rings is 2. The maximum atomic E-state index is 13.7. The van der Waals surface area contributed by atoms with Crippen molar-refractivity contribution in [3.05, 3.63) is 58.1 Å². The number of hydrogen-bond acceptors (Lipinski definition) is 4. The summed E-state index contributed by atoms with van der Waals surface area (Å²) in [5.74, 6) is -0.397. The summed E-state index contributed by atoms with van der Waals surface area (Å²) < 4.78 is 19.0. The summed E-state index contributed by atoms with van der Waals surface area (Å²) >= 11 is 4.98. The summed E-state index contributed by atoms with van der Waals surface area (Å²) in [7, 11) is 1.55. The number of halogens is 1. The summed E-state index contributed by atoms with van der Waals surface area (Å²) in [6, 6.07) is 9.23. The molecule has 0 saturated carbocycles. The molecule has 25 heavy (non-hydrogen) atoms. The summed E-state index contributed by atoms with van der Waals surface area (Å²) in [5.41, 5.74) is 1.57. The van der Waals surface area contributed by atoms with Crippen LogP contribution in [0.2, 0.25) is 0 Å². The smallest absolute Gasteiger partial charge is 0.253 e. The average Bonchev–Trinajstić information content (AvgIpc) is 2.98. The van der Waals surface area contributed by atoms with Crippen LogP contribution in [0.25, 0.3) is 11.0 Å². The quantitative estimate of drug-likeness (QED) is 0.526. The van der Waals surface area contributed by atoms with Crippen molar-refractivity contribution in [1.29, 1.82) is 0 Å². The Kier molecular flexibility index (Phi) is 4.82. The van der Waals surface area contributed by atoms with E-state index in [0.29, 0.717) is 27.1 Å². The topological polar surface area (TPSA) is 90.1 Å². The van der Waals surface area contributed by atoms with E-state index in [4.69, 9.17) is 17.0 Å². The van der Waals surface area contributed by atoms with Crippen molar-refractivity contribution >= 4 is 29.2 Å². The molecule has 8 heteroatoms. The molecule has 0 bridgehead atoms. The Labute approximate surface area is 147 Å². The molecule has 4 N–H and O–H groups in total. The summed E-state index contributed by atoms with van der Waals surface area (Å²) in [5, 5.41) is 12.8. The van der Waals surface area contributed by atoms with Gasteiger partial charge in [-0.05, 0) is 42.0 Å². The lowest BCUT2D eigenvalue weighted by molar-refractivity contribution is 0.0917. The number of aliphatic hydroxyl groups is 1. The Morgan fingerprint density at radius 2 is 2.04 bits per heavy atom. The molecule has 3 rings (SSSR count). The minimum absolute atomic E-state index is 0.0195. The minimum Gasteiger partial charge on any atom is -0.497 e. The fourth-order valence-electron chi connectivity index (χ4n) is 2.51. The van der Waals surface area contributed by atoms with Gasteiger partial charge in [-0.2, -0.15) is 0 Å². The highest BCUT2D eigenvalue weighted by molar-refractivity contribution is 7.71. The van der Waals surface area contributed by atoms with Gasteiger partial charge in [0.1, 0.15) is 11.6 Å². The molecule has 6 nitrogen and oxygen atoms in total. The first kappa shape index (κ1) is 17.1. The number of aromatic nitrogens is 2. The Morgan fingerprint density at radius 3 is 2.72 bits per heavy atom. The van der Waals surface area contributed by atoms with E-state index in [1.807, 2.05) is 0 Å². The summed E-state index contributed by atoms with van der Waals surface area (Å²) in [4.78, 5) is 18.0. The van der Waals surface area contributed by atoms with E-state index in [0.717, 1.165) is 6.07 Å². The van der Waals surface area contributed by atoms with Gasteiger partial charge < -0.3 is 25.1 Å². The van der Waals surface area contributed by atoms with E-state index in [2.05, 4.69) is 15.3 Å². The minimum atomic E-state index is -0.899. The van der Waals surface area contributed by atoms with Gasteiger partial charge in [0, 0.05) is 6.54 Å². The van der Waals surface area contributed by atoms with E-state index >= 15 is 0 Å². The lowest BCUT2D eigenvalue weighted by atomic mass is 10.1. The van der Waals surface area contributed by atoms with Crippen LogP contribution in [-0.4, -0.2) is 34.6 Å². The normalized spacial score (nSPS) is 12.1. The molecule has 1 atom stereocenters. The zero-order valence-corrected chi connectivity index (χ0v) is 14.1. The Balaban J connectivity index is 1.75. The molecule has 1 heterocycles. The number of fused-ring (bicyclic) bond motifs is 1. The fourth-order valence-corrected chi connectivity index (χ4v) is 2.73. The summed E-state index contributed by atoms with van der Waals surface area (Å²) in [6.45, 7) is -0.0195. The van der Waals surface area contributed by atoms with Crippen LogP contribution in [0, 0.1) is 10.6 Å². The zero-order valence-electron chi connectivity index (χ0n) is 13.3. The number of nitrogens with one attached hydrogen (secondary N) is 3. The first-order valence-electron chi connectivity index (χ1n) is 7.49. The molecule has 0 aliphatic carbocycles. The van der Waals surface area contributed by atoms with Gasteiger partial charge in [-0.1, -0.05) is 12.1 Å². The second-order valence-electron chi connectivity index (χ2n) is 5.45. The highest BCUT2D eigenvalue weighted by atomic mass is 32.1. The monoisotopic (exact) mass is 361 g/mol. The van der Waals surface area contributed by atoms with Crippen LogP contribution in [0.15, 0.2) is 36.4 Å². The van der Waals surface area contributed by atoms with Crippen molar-refractivity contribution in [2.24, 2.45) is 0 Å². The molecule has 0 radical (unpaired) electrons. The Bertz CT molecular complexity index is 965. The highest BCUT2D eigenvalue weighted by Gasteiger charge is 2.16. The van der Waals surface area contributed by atoms with Crippen LogP contribution in [0.3, 0.4) is 0 Å². The molecule has 1 amide bonds. The van der Waals surface area contributed by atoms with E-state index in [9.17, 15) is 14.3 Å². The molecule has 1 aromatic heterocycles. The number of amides is 1. The maximum Gasteiger partial charge on any atom is 0.253 e. The van der Waals surface area contributed by atoms with Crippen LogP contribution >= 0.6 is 12.2 Å². The van der Waals surface area contributed by atoms with Gasteiger partial charge >= 0.3 is 0 Å². The number of aromatic amines is 2. The first-order chi connectivity index (χ1) is 12.0. The third-order valence-corrected chi connectivity index (χ3v) is 4.00. The van der Waals surface area contributed by atoms with E-state index in [1.54, 1.807) is 31.4 Å². The Hall–Kier alpha value is -2.71. The molecule has 0 aliphatic heterocycles. The van der Waals surface area contributed by atoms with Gasteiger partial charge in [0.25, 0.3) is 5.91 Å². The second-order valence-corrected chi connectivity index (χ2v) is 5.86. The van der Waals surface area contributed by atoms with Crippen molar-refractivity contribution in [2.45, 2.75) is 6.10 Å². The van der Waals surface area contributed by atoms with Crippen LogP contribution in [0.1, 0.15) is 22.0 Å². The van der Waals surface area contributed by atoms with Crippen molar-refractivity contribution < 1.29 is 19.0 Å². The molecule has 0 aliphatic rings. The zero-order chi connectivity index (χ0) is 18.0. The third kappa shape index (κ3) is 3.70. The number of rotatable bonds is 5. The van der Waals surface area contributed by atoms with Gasteiger partial charge in [-0.15, -0.1) is 0 Å². The number of imidazole rings is 1. The van der Waals surface area contributed by atoms with E-state index in [-0.39, 0.29) is 12.1 Å². The number of aliphatic hydroxyl groups excluding tert-OH is 1. The average molecular weight is 361 g/mol. The highest BCUT2D eigenvalue weighted by Crippen LogP contribution is 2.19. The number of hydrogen-bond donors (Lipinski definition) is 4. The van der Waals surface area contributed by atoms with Gasteiger partial charge in [-0.3, -0.25) is 4.79 Å². The van der Waals surface area contributed by atoms with Crippen molar-refractivity contribution in [2.75, 3.05) is 13.7 Å². The largest absolute Gasteiger partial charge is 0.497 e. The van der Waals surface area contributed by atoms with Gasteiger partial charge in [0.2, 0.25) is 0 Å². The van der Waals surface area contributed by atoms with Crippen molar-refractivity contribution in [1.82, 2.24) is 15.3 Å². The number of carbonyl (C=O) groups is 1. The van der Waals surface area contributed by atoms with Crippen LogP contribution in [0.4, 0.5) is 4.39 Å². The SMILES string of the molecule is COc1ccc(C(O)CNC(=O)c2cc(F)cc3[nH]c(=S)[nH]c23)cc1. The van der Waals surface area contributed by atoms with Crippen molar-refractivity contribution in [3.63, 3.8) is 0 Å². The molecule has 130 valence electrons. The standard InChI is InChI=1S/C17H16FN3O3S/c1-24-11-4-2-9(3-5-11)14(22)8-19-16(23)12-6-10(18)7-13-15(12)21-17(25)20-13/h2-7,14,22H,8H2,1H3,(H,19,23)(H2,20,21,25). The lowest BCUT2D eigenvalue weighted by Crippen LogP contribution is -2.28. The van der Waals surface area contributed by atoms with Gasteiger partial charge in [0.05, 0.1) is 29.8 Å².